The van der Waals surface area contributed by atoms with Crippen LogP contribution in [0.3, 0.4) is 0 Å². The molecule has 1 saturated heterocycles. The molecule has 1 N–H and O–H groups in total. The molecule has 0 radical (unpaired) electrons. The van der Waals surface area contributed by atoms with E-state index in [1.54, 1.807) is 12.0 Å². The van der Waals surface area contributed by atoms with Gasteiger partial charge in [0.15, 0.2) is 11.5 Å². The average molecular weight is 577 g/mol. The highest BCUT2D eigenvalue weighted by atomic mass is 16.7. The lowest BCUT2D eigenvalue weighted by Crippen LogP contribution is -2.46. The van der Waals surface area contributed by atoms with Crippen LogP contribution in [0.15, 0.2) is 12.1 Å². The summed E-state index contributed by atoms with van der Waals surface area (Å²) in [4.78, 5) is 46.5. The first-order valence-electron chi connectivity index (χ1n) is 14.7. The largest absolute Gasteiger partial charge is 0.493 e. The maximum atomic E-state index is 13.7. The third-order valence-electron chi connectivity index (χ3n) is 8.17. The van der Waals surface area contributed by atoms with Crippen LogP contribution >= 0.6 is 0 Å². The van der Waals surface area contributed by atoms with E-state index in [9.17, 15) is 19.5 Å². The number of rotatable bonds is 16. The fourth-order valence-electron chi connectivity index (χ4n) is 5.94. The number of carboxylic acid groups (broad SMARTS) is 1. The minimum Gasteiger partial charge on any atom is -0.493 e. The van der Waals surface area contributed by atoms with E-state index in [1.165, 1.54) is 6.92 Å². The number of aliphatic carboxylic acids is 1. The van der Waals surface area contributed by atoms with Crippen LogP contribution in [0.25, 0.3) is 0 Å². The van der Waals surface area contributed by atoms with Crippen molar-refractivity contribution < 1.29 is 33.7 Å². The van der Waals surface area contributed by atoms with Crippen molar-refractivity contribution in [1.82, 2.24) is 19.6 Å². The van der Waals surface area contributed by atoms with Crippen molar-refractivity contribution >= 4 is 17.8 Å². The zero-order valence-corrected chi connectivity index (χ0v) is 25.6. The number of benzene rings is 1. The first kappa shape index (κ1) is 32.5. The lowest BCUT2D eigenvalue weighted by molar-refractivity contribution is -0.144. The second-order valence-electron chi connectivity index (χ2n) is 11.2. The van der Waals surface area contributed by atoms with Crippen molar-refractivity contribution in [1.29, 1.82) is 0 Å². The van der Waals surface area contributed by atoms with Gasteiger partial charge in [0, 0.05) is 51.6 Å². The second-order valence-corrected chi connectivity index (χ2v) is 11.2. The summed E-state index contributed by atoms with van der Waals surface area (Å²) in [5, 5.41) is 10.5. The smallest absolute Gasteiger partial charge is 0.308 e. The molecule has 0 saturated carbocycles. The molecular weight excluding hydrogens is 528 g/mol. The molecule has 2 aliphatic rings. The molecule has 1 fully saturated rings. The Balaban J connectivity index is 1.92. The Hall–Kier alpha value is -3.05. The van der Waals surface area contributed by atoms with E-state index in [0.29, 0.717) is 56.4 Å². The van der Waals surface area contributed by atoms with Gasteiger partial charge in [0.1, 0.15) is 0 Å². The Morgan fingerprint density at radius 3 is 2.39 bits per heavy atom. The lowest BCUT2D eigenvalue weighted by atomic mass is 9.84. The van der Waals surface area contributed by atoms with E-state index in [2.05, 4.69) is 11.8 Å². The number of ether oxygens (including phenoxy) is 3. The van der Waals surface area contributed by atoms with Crippen LogP contribution in [0.1, 0.15) is 57.9 Å². The Bertz CT molecular complexity index is 1050. The van der Waals surface area contributed by atoms with Crippen molar-refractivity contribution in [3.63, 3.8) is 0 Å². The lowest BCUT2D eigenvalue weighted by Gasteiger charge is -2.31. The van der Waals surface area contributed by atoms with Crippen LogP contribution in [0.2, 0.25) is 0 Å². The van der Waals surface area contributed by atoms with E-state index in [-0.39, 0.29) is 25.2 Å². The predicted molar refractivity (Wildman–Crippen MR) is 156 cm³/mol. The maximum Gasteiger partial charge on any atom is 0.308 e. The number of hydrogen-bond acceptors (Lipinski definition) is 8. The molecule has 1 aromatic rings. The SMILES string of the molecule is CCCCN(CCCN(C)C)C(=O)CN1C[C@H](c2cc(OC)c3c(c2)OCO3)C(C(=O)O)[C@@H]1CCN(CC)C(C)=O. The van der Waals surface area contributed by atoms with Crippen LogP contribution in [0.4, 0.5) is 0 Å². The highest BCUT2D eigenvalue weighted by molar-refractivity contribution is 5.79. The molecule has 0 spiro atoms. The number of likely N-dealkylation sites (tertiary alicyclic amines) is 1. The number of hydrogen-bond donors (Lipinski definition) is 1. The average Bonchev–Trinajstić information content (AvgIpc) is 3.54. The van der Waals surface area contributed by atoms with E-state index >= 15 is 0 Å². The summed E-state index contributed by atoms with van der Waals surface area (Å²) in [7, 11) is 5.58. The van der Waals surface area contributed by atoms with Crippen LogP contribution in [-0.4, -0.2) is 122 Å². The fraction of sp³-hybridized carbons (Fsp3) is 0.700. The highest BCUT2D eigenvalue weighted by Gasteiger charge is 2.47. The molecule has 2 heterocycles. The normalized spacial score (nSPS) is 19.9. The van der Waals surface area contributed by atoms with Gasteiger partial charge in [-0.2, -0.15) is 0 Å². The van der Waals surface area contributed by atoms with Crippen LogP contribution in [0.5, 0.6) is 17.2 Å². The predicted octanol–water partition coefficient (Wildman–Crippen LogP) is 2.73. The van der Waals surface area contributed by atoms with E-state index in [4.69, 9.17) is 14.2 Å². The van der Waals surface area contributed by atoms with Gasteiger partial charge in [0.2, 0.25) is 24.4 Å². The van der Waals surface area contributed by atoms with Crippen LogP contribution in [-0.2, 0) is 14.4 Å². The van der Waals surface area contributed by atoms with Gasteiger partial charge in [-0.15, -0.1) is 0 Å². The van der Waals surface area contributed by atoms with Crippen molar-refractivity contribution in [3.05, 3.63) is 17.7 Å². The standard InChI is InChI=1S/C30H48N4O7/c1-7-9-13-33(14-10-12-31(4)5)27(36)19-34-18-23(22-16-25(39-6)29-26(17-22)40-20-41-29)28(30(37)38)24(34)11-15-32(8-2)21(3)35/h16-17,23-24,28H,7-15,18-20H2,1-6H3,(H,37,38)/t23-,24+,28?/m1/s1. The Morgan fingerprint density at radius 2 is 1.78 bits per heavy atom. The Labute approximate surface area is 244 Å². The molecular formula is C30H48N4O7. The third-order valence-corrected chi connectivity index (χ3v) is 8.17. The summed E-state index contributed by atoms with van der Waals surface area (Å²) in [5.41, 5.74) is 0.770. The van der Waals surface area contributed by atoms with Crippen LogP contribution < -0.4 is 14.2 Å². The second kappa shape index (κ2) is 15.3. The minimum atomic E-state index is -0.925. The molecule has 2 aliphatic heterocycles. The van der Waals surface area contributed by atoms with Gasteiger partial charge >= 0.3 is 5.97 Å². The summed E-state index contributed by atoms with van der Waals surface area (Å²) in [6, 6.07) is 3.22. The van der Waals surface area contributed by atoms with Crippen molar-refractivity contribution in [2.75, 3.05) is 73.8 Å². The van der Waals surface area contributed by atoms with Gasteiger partial charge in [0.25, 0.3) is 0 Å². The molecule has 2 amide bonds. The number of nitrogens with zero attached hydrogens (tertiary/aromatic N) is 4. The number of carboxylic acids is 1. The molecule has 3 atom stereocenters. The van der Waals surface area contributed by atoms with E-state index in [0.717, 1.165) is 31.4 Å². The Morgan fingerprint density at radius 1 is 1.05 bits per heavy atom. The topological polar surface area (TPSA) is 112 Å². The van der Waals surface area contributed by atoms with Crippen LogP contribution in [0, 0.1) is 5.92 Å². The molecule has 3 rings (SSSR count). The van der Waals surface area contributed by atoms with Crippen molar-refractivity contribution in [2.45, 2.75) is 58.4 Å². The van der Waals surface area contributed by atoms with Gasteiger partial charge in [-0.3, -0.25) is 19.3 Å². The molecule has 1 aromatic carbocycles. The van der Waals surface area contributed by atoms with E-state index < -0.39 is 23.8 Å². The first-order chi connectivity index (χ1) is 19.6. The quantitative estimate of drug-likeness (QED) is 0.317. The number of amides is 2. The zero-order chi connectivity index (χ0) is 30.1. The zero-order valence-electron chi connectivity index (χ0n) is 25.6. The minimum absolute atomic E-state index is 0.00850. The molecule has 11 heteroatoms. The number of unbranched alkanes of at least 4 members (excludes halogenated alkanes) is 1. The summed E-state index contributed by atoms with van der Waals surface area (Å²) in [6.07, 6.45) is 3.22. The fourth-order valence-corrected chi connectivity index (χ4v) is 5.94. The Kier molecular flexibility index (Phi) is 12.1. The number of carbonyl (C=O) groups is 3. The number of carbonyl (C=O) groups excluding carboxylic acids is 2. The summed E-state index contributed by atoms with van der Waals surface area (Å²) in [5.74, 6) is -0.631. The van der Waals surface area contributed by atoms with Gasteiger partial charge < -0.3 is 34.0 Å². The summed E-state index contributed by atoms with van der Waals surface area (Å²) in [6.45, 7) is 9.32. The molecule has 0 aromatic heterocycles. The summed E-state index contributed by atoms with van der Waals surface area (Å²) >= 11 is 0. The molecule has 0 bridgehead atoms. The molecule has 1 unspecified atom stereocenters. The monoisotopic (exact) mass is 576 g/mol. The van der Waals surface area contributed by atoms with E-state index in [1.807, 2.05) is 43.0 Å². The first-order valence-corrected chi connectivity index (χ1v) is 14.7. The number of methoxy groups -OCH3 is 1. The van der Waals surface area contributed by atoms with Gasteiger partial charge in [0.05, 0.1) is 19.6 Å². The number of fused-ring (bicyclic) bond motifs is 1. The molecule has 0 aliphatic carbocycles. The molecule has 11 nitrogen and oxygen atoms in total. The third kappa shape index (κ3) is 8.25. The van der Waals surface area contributed by atoms with Gasteiger partial charge in [-0.05, 0) is 64.5 Å². The van der Waals surface area contributed by atoms with Crippen molar-refractivity contribution in [3.8, 4) is 17.2 Å². The summed E-state index contributed by atoms with van der Waals surface area (Å²) < 4.78 is 16.7. The molecule has 41 heavy (non-hydrogen) atoms. The highest BCUT2D eigenvalue weighted by Crippen LogP contribution is 2.47. The maximum absolute atomic E-state index is 13.7. The molecule has 230 valence electrons. The van der Waals surface area contributed by atoms with Gasteiger partial charge in [-0.1, -0.05) is 13.3 Å². The van der Waals surface area contributed by atoms with Gasteiger partial charge in [-0.25, -0.2) is 0 Å². The van der Waals surface area contributed by atoms with Crippen molar-refractivity contribution in [2.24, 2.45) is 5.92 Å².